The number of hydrogen-bond donors (Lipinski definition) is 1. The highest BCUT2D eigenvalue weighted by Gasteiger charge is 2.11. The Morgan fingerprint density at radius 3 is 2.93 bits per heavy atom. The second kappa shape index (κ2) is 5.33. The van der Waals surface area contributed by atoms with E-state index in [4.69, 9.17) is 0 Å². The van der Waals surface area contributed by atoms with Crippen LogP contribution in [-0.4, -0.2) is 26.7 Å². The second-order valence-electron chi connectivity index (χ2n) is 2.94. The number of carbonyl (C=O) groups excluding carboxylic acids is 1. The van der Waals surface area contributed by atoms with Crippen molar-refractivity contribution in [3.63, 3.8) is 0 Å². The highest BCUT2D eigenvalue weighted by molar-refractivity contribution is 14.1. The lowest BCUT2D eigenvalue weighted by molar-refractivity contribution is 0.0947. The quantitative estimate of drug-likeness (QED) is 0.670. The zero-order valence-corrected chi connectivity index (χ0v) is 10.5. The zero-order chi connectivity index (χ0) is 10.6. The Kier molecular flexibility index (Phi) is 4.37. The normalized spacial score (nSPS) is 10.2. The molecule has 1 aromatic heterocycles. The van der Waals surface area contributed by atoms with Gasteiger partial charge in [0, 0.05) is 18.0 Å². The van der Waals surface area contributed by atoms with Gasteiger partial charge in [-0.05, 0) is 12.5 Å². The van der Waals surface area contributed by atoms with Crippen LogP contribution < -0.4 is 5.32 Å². The Balaban J connectivity index is 2.73. The number of nitrogens with zero attached hydrogens (tertiary/aromatic N) is 2. The molecule has 0 radical (unpaired) electrons. The van der Waals surface area contributed by atoms with Crippen molar-refractivity contribution in [2.24, 2.45) is 7.05 Å². The van der Waals surface area contributed by atoms with E-state index >= 15 is 0 Å². The van der Waals surface area contributed by atoms with Crippen LogP contribution in [0.4, 0.5) is 0 Å². The number of aromatic nitrogens is 2. The Hall–Kier alpha value is -0.590. The lowest BCUT2D eigenvalue weighted by Crippen LogP contribution is -2.27. The van der Waals surface area contributed by atoms with Crippen LogP contribution in [0.3, 0.4) is 0 Å². The second-order valence-corrected chi connectivity index (χ2v) is 4.02. The van der Waals surface area contributed by atoms with Crippen LogP contribution in [0.15, 0.2) is 6.07 Å². The Morgan fingerprint density at radius 1 is 1.71 bits per heavy atom. The van der Waals surface area contributed by atoms with Crippen LogP contribution in [-0.2, 0) is 13.5 Å². The van der Waals surface area contributed by atoms with Gasteiger partial charge in [0.15, 0.2) is 0 Å². The molecule has 0 atom stereocenters. The average Bonchev–Trinajstić information content (AvgIpc) is 2.56. The number of hydrogen-bond acceptors (Lipinski definition) is 2. The van der Waals surface area contributed by atoms with Gasteiger partial charge in [-0.3, -0.25) is 9.48 Å². The van der Waals surface area contributed by atoms with Gasteiger partial charge >= 0.3 is 0 Å². The Labute approximate surface area is 97.2 Å². The maximum Gasteiger partial charge on any atom is 0.269 e. The number of alkyl halides is 1. The van der Waals surface area contributed by atoms with E-state index < -0.39 is 0 Å². The molecule has 0 saturated carbocycles. The number of carbonyl (C=O) groups is 1. The Bertz CT molecular complexity index is 322. The summed E-state index contributed by atoms with van der Waals surface area (Å²) in [6.45, 7) is 2.72. The largest absolute Gasteiger partial charge is 0.350 e. The summed E-state index contributed by atoms with van der Waals surface area (Å²) in [6, 6.07) is 1.84. The third-order valence-electron chi connectivity index (χ3n) is 1.91. The first-order valence-corrected chi connectivity index (χ1v) is 6.08. The molecule has 1 amide bonds. The monoisotopic (exact) mass is 307 g/mol. The molecule has 1 heterocycles. The first kappa shape index (κ1) is 11.5. The highest BCUT2D eigenvalue weighted by Crippen LogP contribution is 2.03. The summed E-state index contributed by atoms with van der Waals surface area (Å²) in [6.07, 6.45) is 0.855. The molecule has 0 saturated heterocycles. The van der Waals surface area contributed by atoms with Gasteiger partial charge in [0.1, 0.15) is 5.69 Å². The number of rotatable bonds is 4. The summed E-state index contributed by atoms with van der Waals surface area (Å²) < 4.78 is 2.54. The first-order chi connectivity index (χ1) is 6.69. The minimum absolute atomic E-state index is 0.0450. The SMILES string of the molecule is CCc1cc(C(=O)NCCI)n(C)n1. The van der Waals surface area contributed by atoms with E-state index in [1.807, 2.05) is 13.0 Å². The van der Waals surface area contributed by atoms with Gasteiger partial charge in [0.05, 0.1) is 5.69 Å². The van der Waals surface area contributed by atoms with Gasteiger partial charge in [-0.2, -0.15) is 5.10 Å². The van der Waals surface area contributed by atoms with Crippen LogP contribution in [0.25, 0.3) is 0 Å². The molecule has 0 aliphatic heterocycles. The maximum atomic E-state index is 11.6. The van der Waals surface area contributed by atoms with E-state index in [1.54, 1.807) is 11.7 Å². The smallest absolute Gasteiger partial charge is 0.269 e. The topological polar surface area (TPSA) is 46.9 Å². The molecule has 14 heavy (non-hydrogen) atoms. The van der Waals surface area contributed by atoms with Crippen LogP contribution in [0, 0.1) is 0 Å². The third-order valence-corrected chi connectivity index (χ3v) is 2.44. The number of halogens is 1. The van der Waals surface area contributed by atoms with Gasteiger partial charge < -0.3 is 5.32 Å². The number of aryl methyl sites for hydroxylation is 2. The molecule has 78 valence electrons. The van der Waals surface area contributed by atoms with Crippen molar-refractivity contribution in [2.45, 2.75) is 13.3 Å². The summed E-state index contributed by atoms with van der Waals surface area (Å²) in [4.78, 5) is 11.6. The van der Waals surface area contributed by atoms with Crippen molar-refractivity contribution in [2.75, 3.05) is 11.0 Å². The molecule has 1 aromatic rings. The van der Waals surface area contributed by atoms with Crippen LogP contribution in [0.2, 0.25) is 0 Å². The predicted molar refractivity (Wildman–Crippen MR) is 63.8 cm³/mol. The molecule has 4 nitrogen and oxygen atoms in total. The lowest BCUT2D eigenvalue weighted by atomic mass is 10.3. The molecule has 0 bridgehead atoms. The van der Waals surface area contributed by atoms with E-state index in [1.165, 1.54) is 0 Å². The fourth-order valence-corrected chi connectivity index (χ4v) is 1.43. The van der Waals surface area contributed by atoms with Crippen LogP contribution in [0.5, 0.6) is 0 Å². The van der Waals surface area contributed by atoms with Crippen molar-refractivity contribution < 1.29 is 4.79 Å². The molecule has 5 heteroatoms. The van der Waals surface area contributed by atoms with Gasteiger partial charge in [-0.25, -0.2) is 0 Å². The van der Waals surface area contributed by atoms with Gasteiger partial charge in [0.25, 0.3) is 5.91 Å². The third kappa shape index (κ3) is 2.70. The van der Waals surface area contributed by atoms with Crippen LogP contribution >= 0.6 is 22.6 Å². The zero-order valence-electron chi connectivity index (χ0n) is 8.38. The van der Waals surface area contributed by atoms with Gasteiger partial charge in [-0.1, -0.05) is 29.5 Å². The van der Waals surface area contributed by atoms with E-state index in [0.717, 1.165) is 16.5 Å². The molecule has 0 aliphatic rings. The Morgan fingerprint density at radius 2 is 2.43 bits per heavy atom. The fourth-order valence-electron chi connectivity index (χ4n) is 1.16. The molecule has 0 spiro atoms. The van der Waals surface area contributed by atoms with Gasteiger partial charge in [-0.15, -0.1) is 0 Å². The molecule has 1 N–H and O–H groups in total. The van der Waals surface area contributed by atoms with Crippen molar-refractivity contribution in [1.82, 2.24) is 15.1 Å². The van der Waals surface area contributed by atoms with E-state index in [0.29, 0.717) is 12.2 Å². The van der Waals surface area contributed by atoms with Crippen LogP contribution in [0.1, 0.15) is 23.1 Å². The lowest BCUT2D eigenvalue weighted by Gasteiger charge is -2.01. The van der Waals surface area contributed by atoms with Gasteiger partial charge in [0.2, 0.25) is 0 Å². The minimum Gasteiger partial charge on any atom is -0.350 e. The predicted octanol–water partition coefficient (Wildman–Crippen LogP) is 1.15. The molecule has 0 aliphatic carbocycles. The average molecular weight is 307 g/mol. The van der Waals surface area contributed by atoms with E-state index in [9.17, 15) is 4.79 Å². The van der Waals surface area contributed by atoms with Crippen molar-refractivity contribution >= 4 is 28.5 Å². The number of nitrogens with one attached hydrogen (secondary N) is 1. The molecule has 1 rings (SSSR count). The van der Waals surface area contributed by atoms with Crippen molar-refractivity contribution in [3.05, 3.63) is 17.5 Å². The standard InChI is InChI=1S/C9H14IN3O/c1-3-7-6-8(13(2)12-7)9(14)11-5-4-10/h6H,3-5H2,1-2H3,(H,11,14). The fraction of sp³-hybridized carbons (Fsp3) is 0.556. The first-order valence-electron chi connectivity index (χ1n) is 4.56. The number of amides is 1. The van der Waals surface area contributed by atoms with Crippen molar-refractivity contribution in [1.29, 1.82) is 0 Å². The van der Waals surface area contributed by atoms with Crippen molar-refractivity contribution in [3.8, 4) is 0 Å². The van der Waals surface area contributed by atoms with E-state index in [-0.39, 0.29) is 5.91 Å². The summed E-state index contributed by atoms with van der Waals surface area (Å²) in [5, 5.41) is 7.03. The highest BCUT2D eigenvalue weighted by atomic mass is 127. The minimum atomic E-state index is -0.0450. The van der Waals surface area contributed by atoms with E-state index in [2.05, 4.69) is 33.0 Å². The summed E-state index contributed by atoms with van der Waals surface area (Å²) in [5.41, 5.74) is 1.58. The summed E-state index contributed by atoms with van der Waals surface area (Å²) in [7, 11) is 1.79. The molecule has 0 fully saturated rings. The molecule has 0 aromatic carbocycles. The molecular formula is C9H14IN3O. The molecular weight excluding hydrogens is 293 g/mol. The summed E-state index contributed by atoms with van der Waals surface area (Å²) in [5.74, 6) is -0.0450. The maximum absolute atomic E-state index is 11.6. The summed E-state index contributed by atoms with van der Waals surface area (Å²) >= 11 is 2.22. The molecule has 0 unspecified atom stereocenters.